The minimum Gasteiger partial charge on any atom is -0.381 e. The van der Waals surface area contributed by atoms with Gasteiger partial charge in [-0.05, 0) is 38.0 Å². The predicted molar refractivity (Wildman–Crippen MR) is 130 cm³/mol. The van der Waals surface area contributed by atoms with Crippen LogP contribution in [0.3, 0.4) is 0 Å². The van der Waals surface area contributed by atoms with E-state index in [4.69, 9.17) is 9.72 Å². The Morgan fingerprint density at radius 3 is 2.55 bits per heavy atom. The van der Waals surface area contributed by atoms with Crippen molar-refractivity contribution >= 4 is 27.0 Å². The van der Waals surface area contributed by atoms with Crippen molar-refractivity contribution in [2.45, 2.75) is 64.8 Å². The molecule has 8 nitrogen and oxygen atoms in total. The Kier molecular flexibility index (Phi) is 8.89. The topological polar surface area (TPSA) is 84.7 Å². The second-order valence-electron chi connectivity index (χ2n) is 8.58. The minimum absolute atomic E-state index is 0.129. The normalized spacial score (nSPS) is 16.7. The Morgan fingerprint density at radius 2 is 1.94 bits per heavy atom. The molecule has 0 spiro atoms. The highest BCUT2D eigenvalue weighted by Crippen LogP contribution is 2.24. The molecule has 2 aromatic rings. The number of carbonyl (C=O) groups is 1. The van der Waals surface area contributed by atoms with Crippen molar-refractivity contribution in [1.29, 1.82) is 0 Å². The van der Waals surface area contributed by atoms with Crippen molar-refractivity contribution in [2.75, 3.05) is 39.4 Å². The van der Waals surface area contributed by atoms with Crippen LogP contribution >= 0.6 is 0 Å². The fourth-order valence-electron chi connectivity index (χ4n) is 4.52. The van der Waals surface area contributed by atoms with Crippen molar-refractivity contribution in [3.63, 3.8) is 0 Å². The molecule has 1 amide bonds. The van der Waals surface area contributed by atoms with Crippen molar-refractivity contribution in [2.24, 2.45) is 5.92 Å². The zero-order valence-corrected chi connectivity index (χ0v) is 21.2. The van der Waals surface area contributed by atoms with Gasteiger partial charge in [0.1, 0.15) is 5.82 Å². The maximum atomic E-state index is 13.0. The van der Waals surface area contributed by atoms with E-state index >= 15 is 0 Å². The number of amides is 1. The maximum absolute atomic E-state index is 13.0. The fourth-order valence-corrected chi connectivity index (χ4v) is 6.00. The van der Waals surface area contributed by atoms with E-state index in [-0.39, 0.29) is 10.8 Å². The van der Waals surface area contributed by atoms with Gasteiger partial charge in [0.05, 0.1) is 22.5 Å². The smallest absolute Gasteiger partial charge is 0.243 e. The van der Waals surface area contributed by atoms with Crippen LogP contribution in [0.15, 0.2) is 23.1 Å². The van der Waals surface area contributed by atoms with E-state index in [1.807, 2.05) is 31.7 Å². The summed E-state index contributed by atoms with van der Waals surface area (Å²) in [6.45, 7) is 12.4. The molecule has 33 heavy (non-hydrogen) atoms. The van der Waals surface area contributed by atoms with E-state index in [1.54, 1.807) is 12.1 Å². The Hall–Kier alpha value is -1.97. The van der Waals surface area contributed by atoms with Crippen molar-refractivity contribution < 1.29 is 17.9 Å². The van der Waals surface area contributed by atoms with Crippen LogP contribution in [0.5, 0.6) is 0 Å². The second-order valence-corrected chi connectivity index (χ2v) is 10.5. The highest BCUT2D eigenvalue weighted by Gasteiger charge is 2.24. The van der Waals surface area contributed by atoms with Crippen molar-refractivity contribution in [1.82, 2.24) is 18.8 Å². The molecular formula is C24H38N4O4S. The molecule has 1 aliphatic rings. The van der Waals surface area contributed by atoms with Gasteiger partial charge >= 0.3 is 0 Å². The van der Waals surface area contributed by atoms with E-state index in [2.05, 4.69) is 11.5 Å². The zero-order valence-electron chi connectivity index (χ0n) is 20.4. The van der Waals surface area contributed by atoms with E-state index in [9.17, 15) is 13.2 Å². The number of carbonyl (C=O) groups excluding carboxylic acids is 1. The second kappa shape index (κ2) is 11.4. The largest absolute Gasteiger partial charge is 0.381 e. The Labute approximate surface area is 198 Å². The summed E-state index contributed by atoms with van der Waals surface area (Å²) in [5.74, 6) is 1.38. The van der Waals surface area contributed by atoms with Gasteiger partial charge in [0.2, 0.25) is 15.9 Å². The molecule has 1 fully saturated rings. The molecule has 0 saturated carbocycles. The zero-order chi connectivity index (χ0) is 24.0. The summed E-state index contributed by atoms with van der Waals surface area (Å²) in [6.07, 6.45) is 2.85. The van der Waals surface area contributed by atoms with Gasteiger partial charge in [-0.1, -0.05) is 20.8 Å². The predicted octanol–water partition coefficient (Wildman–Crippen LogP) is 3.29. The lowest BCUT2D eigenvalue weighted by molar-refractivity contribution is -0.131. The number of aromatic nitrogens is 2. The molecule has 1 atom stereocenters. The first-order chi connectivity index (χ1) is 15.8. The molecule has 1 aromatic carbocycles. The summed E-state index contributed by atoms with van der Waals surface area (Å²) in [4.78, 5) is 19.9. The third-order valence-electron chi connectivity index (χ3n) is 6.39. The molecule has 3 rings (SSSR count). The lowest BCUT2D eigenvalue weighted by Gasteiger charge is -2.23. The third-order valence-corrected chi connectivity index (χ3v) is 8.43. The first kappa shape index (κ1) is 25.6. The average molecular weight is 479 g/mol. The van der Waals surface area contributed by atoms with Crippen LogP contribution < -0.4 is 0 Å². The summed E-state index contributed by atoms with van der Waals surface area (Å²) in [6, 6.07) is 5.18. The van der Waals surface area contributed by atoms with Gasteiger partial charge in [0.25, 0.3) is 0 Å². The number of rotatable bonds is 12. The quantitative estimate of drug-likeness (QED) is 0.467. The first-order valence-electron chi connectivity index (χ1n) is 12.2. The van der Waals surface area contributed by atoms with E-state index < -0.39 is 10.0 Å². The monoisotopic (exact) mass is 478 g/mol. The van der Waals surface area contributed by atoms with E-state index in [0.717, 1.165) is 50.5 Å². The molecule has 0 N–H and O–H groups in total. The Balaban J connectivity index is 1.81. The molecule has 184 valence electrons. The van der Waals surface area contributed by atoms with Crippen LogP contribution in [0.25, 0.3) is 11.0 Å². The number of nitrogens with zero attached hydrogens (tertiary/aromatic N) is 4. The molecule has 0 aliphatic carbocycles. The number of sulfonamides is 1. The maximum Gasteiger partial charge on any atom is 0.243 e. The minimum atomic E-state index is -3.55. The van der Waals surface area contributed by atoms with Crippen LogP contribution in [0.1, 0.15) is 52.8 Å². The van der Waals surface area contributed by atoms with Gasteiger partial charge in [-0.3, -0.25) is 4.79 Å². The number of fused-ring (bicyclic) bond motifs is 1. The van der Waals surface area contributed by atoms with E-state index in [1.165, 1.54) is 4.31 Å². The lowest BCUT2D eigenvalue weighted by atomic mass is 10.1. The van der Waals surface area contributed by atoms with Gasteiger partial charge < -0.3 is 14.2 Å². The molecule has 1 unspecified atom stereocenters. The highest BCUT2D eigenvalue weighted by atomic mass is 32.2. The SMILES string of the molecule is CCCn1c(CCC(=O)N(CC)CC2CCOC2)nc2cc(S(=O)(=O)N(CC)CC)ccc21. The van der Waals surface area contributed by atoms with Crippen LogP contribution in [-0.2, 0) is 32.5 Å². The number of hydrogen-bond donors (Lipinski definition) is 0. The van der Waals surface area contributed by atoms with Gasteiger partial charge in [0.15, 0.2) is 0 Å². The Morgan fingerprint density at radius 1 is 1.18 bits per heavy atom. The molecule has 9 heteroatoms. The molecule has 0 radical (unpaired) electrons. The summed E-state index contributed by atoms with van der Waals surface area (Å²) in [5, 5.41) is 0. The summed E-state index contributed by atoms with van der Waals surface area (Å²) in [5.41, 5.74) is 1.57. The molecule has 0 bridgehead atoms. The van der Waals surface area contributed by atoms with Crippen LogP contribution in [-0.4, -0.2) is 72.5 Å². The van der Waals surface area contributed by atoms with E-state index in [0.29, 0.717) is 43.9 Å². The van der Waals surface area contributed by atoms with Crippen LogP contribution in [0.4, 0.5) is 0 Å². The van der Waals surface area contributed by atoms with Gasteiger partial charge in [-0.2, -0.15) is 4.31 Å². The number of hydrogen-bond acceptors (Lipinski definition) is 5. The standard InChI is InChI=1S/C24H38N4O4S/c1-5-14-28-22-10-9-20(33(30,31)27(7-3)8-4)16-21(22)25-23(28)11-12-24(29)26(6-2)17-19-13-15-32-18-19/h9-10,16,19H,5-8,11-15,17-18H2,1-4H3. The van der Waals surface area contributed by atoms with Crippen molar-refractivity contribution in [3.05, 3.63) is 24.0 Å². The van der Waals surface area contributed by atoms with Gasteiger partial charge in [-0.25, -0.2) is 13.4 Å². The molecule has 1 saturated heterocycles. The average Bonchev–Trinajstić information content (AvgIpc) is 3.44. The highest BCUT2D eigenvalue weighted by molar-refractivity contribution is 7.89. The van der Waals surface area contributed by atoms with Crippen molar-refractivity contribution in [3.8, 4) is 0 Å². The number of ether oxygens (including phenoxy) is 1. The number of aryl methyl sites for hydroxylation is 2. The molecule has 1 aliphatic heterocycles. The van der Waals surface area contributed by atoms with Gasteiger partial charge in [-0.15, -0.1) is 0 Å². The summed E-state index contributed by atoms with van der Waals surface area (Å²) >= 11 is 0. The molecular weight excluding hydrogens is 440 g/mol. The van der Waals surface area contributed by atoms with Crippen LogP contribution in [0, 0.1) is 5.92 Å². The summed E-state index contributed by atoms with van der Waals surface area (Å²) in [7, 11) is -3.55. The third kappa shape index (κ3) is 5.75. The number of benzene rings is 1. The Bertz CT molecular complexity index is 1040. The van der Waals surface area contributed by atoms with Crippen LogP contribution in [0.2, 0.25) is 0 Å². The fraction of sp³-hybridized carbons (Fsp3) is 0.667. The lowest BCUT2D eigenvalue weighted by Crippen LogP contribution is -2.35. The number of imidazole rings is 1. The van der Waals surface area contributed by atoms with Gasteiger partial charge in [0, 0.05) is 58.1 Å². The molecule has 2 heterocycles. The first-order valence-corrected chi connectivity index (χ1v) is 13.6. The molecule has 1 aromatic heterocycles. The summed E-state index contributed by atoms with van der Waals surface area (Å²) < 4.78 is 34.9.